The van der Waals surface area contributed by atoms with Crippen molar-refractivity contribution in [2.45, 2.75) is 137 Å². The number of likely N-dealkylation sites (N-methyl/N-ethyl adjacent to an activating group) is 2. The van der Waals surface area contributed by atoms with Crippen LogP contribution in [0.5, 0.6) is 0 Å². The van der Waals surface area contributed by atoms with E-state index in [0.717, 1.165) is 10.5 Å². The van der Waals surface area contributed by atoms with E-state index in [0.29, 0.717) is 17.0 Å². The maximum Gasteiger partial charge on any atom is 0.334 e. The Bertz CT molecular complexity index is 1750. The van der Waals surface area contributed by atoms with Gasteiger partial charge in [0.2, 0.25) is 29.5 Å². The molecule has 334 valence electrons. The second-order valence-corrected chi connectivity index (χ2v) is 16.9. The van der Waals surface area contributed by atoms with Gasteiger partial charge in [0.1, 0.15) is 24.2 Å². The van der Waals surface area contributed by atoms with Crippen molar-refractivity contribution in [2.75, 3.05) is 20.6 Å². The Kier molecular flexibility index (Phi) is 20.4. The van der Waals surface area contributed by atoms with Gasteiger partial charge in [-0.15, -0.1) is 0 Å². The number of esters is 1. The number of hydrogen-bond acceptors (Lipinski definition) is 9. The Morgan fingerprint density at radius 1 is 0.900 bits per heavy atom. The summed E-state index contributed by atoms with van der Waals surface area (Å²) < 4.78 is 5.67. The summed E-state index contributed by atoms with van der Waals surface area (Å²) in [6.45, 7) is 16.7. The molecule has 0 bridgehead atoms. The van der Waals surface area contributed by atoms with Crippen LogP contribution in [0.25, 0.3) is 0 Å². The van der Waals surface area contributed by atoms with Crippen LogP contribution in [0.15, 0.2) is 47.6 Å². The van der Waals surface area contributed by atoms with Crippen molar-refractivity contribution in [1.82, 2.24) is 31.1 Å². The molecule has 5 N–H and O–H groups in total. The predicted octanol–water partition coefficient (Wildman–Crippen LogP) is 3.46. The van der Waals surface area contributed by atoms with Crippen molar-refractivity contribution in [3.05, 3.63) is 58.1 Å². The molecule has 1 aromatic rings. The van der Waals surface area contributed by atoms with Crippen molar-refractivity contribution >= 4 is 53.0 Å². The number of ether oxygens (including phenoxy) is 1. The molecular weight excluding hydrogens is 792 g/mol. The number of nitrogens with zero attached hydrogens (tertiary/aromatic N) is 2. The molecule has 2 unspecified atom stereocenters. The molecule has 16 heteroatoms. The highest BCUT2D eigenvalue weighted by Crippen LogP contribution is 2.21. The van der Waals surface area contributed by atoms with Gasteiger partial charge in [0.15, 0.2) is 6.10 Å². The Hall–Kier alpha value is -4.76. The number of cyclic esters (lactones) is 1. The fraction of sp³-hybridized carbons (Fsp3) is 0.614. The van der Waals surface area contributed by atoms with Gasteiger partial charge in [-0.25, -0.2) is 4.79 Å². The van der Waals surface area contributed by atoms with Gasteiger partial charge in [-0.05, 0) is 77.0 Å². The second kappa shape index (κ2) is 23.9. The fourth-order valence-corrected chi connectivity index (χ4v) is 6.82. The van der Waals surface area contributed by atoms with E-state index >= 15 is 0 Å². The van der Waals surface area contributed by atoms with Gasteiger partial charge < -0.3 is 40.9 Å². The van der Waals surface area contributed by atoms with E-state index in [1.807, 2.05) is 20.8 Å². The first kappa shape index (κ1) is 51.4. The van der Waals surface area contributed by atoms with Crippen LogP contribution >= 0.6 is 11.6 Å². The van der Waals surface area contributed by atoms with Crippen molar-refractivity contribution in [2.24, 2.45) is 17.8 Å². The zero-order valence-electron chi connectivity index (χ0n) is 37.3. The summed E-state index contributed by atoms with van der Waals surface area (Å²) in [7, 11) is 2.83. The number of aliphatic hydroxyl groups is 1. The average Bonchev–Trinajstić information content (AvgIpc) is 3.20. The standard InChI is InChI=1S/C44H67ClN6O9/c1-13-25(5)37-28(8)34(52)20-15-27(7)44(59)60-35(21-24(3)4)40(55)47-30(10)42(57)51(12)33(22-31-16-18-32(45)19-17-31)43(58)50(11)23-36(53)48-38(26(6)14-2)41(56)46-29(9)39(54)49-37/h13,15-19,24,26,28-30,33-35,37-38,52H,14,20-23H2,1-12H3,(H,46,56)(H,47,55)(H,48,53)(H,49,54)/b25-13+,27-15+/t26?,28-,29+,30-,33+,34-,35+,37+,38?/m0/s1. The third-order valence-electron chi connectivity index (χ3n) is 11.1. The number of carbonyl (C=O) groups is 7. The number of amides is 6. The van der Waals surface area contributed by atoms with E-state index < -0.39 is 96.3 Å². The maximum atomic E-state index is 14.2. The molecule has 1 aliphatic rings. The smallest absolute Gasteiger partial charge is 0.334 e. The van der Waals surface area contributed by atoms with Gasteiger partial charge in [-0.1, -0.05) is 82.5 Å². The van der Waals surface area contributed by atoms with E-state index in [1.54, 1.807) is 58.0 Å². The van der Waals surface area contributed by atoms with E-state index in [4.69, 9.17) is 16.3 Å². The van der Waals surface area contributed by atoms with Crippen LogP contribution in [0.4, 0.5) is 0 Å². The summed E-state index contributed by atoms with van der Waals surface area (Å²) in [5.74, 6) is -5.49. The molecule has 2 rings (SSSR count). The maximum absolute atomic E-state index is 14.2. The van der Waals surface area contributed by atoms with Gasteiger partial charge in [-0.2, -0.15) is 0 Å². The molecule has 0 spiro atoms. The SMILES string of the molecule is C/C=C(\C)[C@H]1NC(=O)[C@@H](C)NC(=O)C(C(C)CC)NC(=O)CN(C)C(=O)[C@@H](Cc2ccc(Cl)cc2)N(C)C(=O)[C@H](C)NC(=O)[C@@H](CC(C)C)OC(=O)/C(C)=C/C[C@H](O)[C@@H]1C. The number of allylic oxidation sites excluding steroid dienone is 1. The monoisotopic (exact) mass is 858 g/mol. The predicted molar refractivity (Wildman–Crippen MR) is 230 cm³/mol. The van der Waals surface area contributed by atoms with Crippen molar-refractivity contribution in [1.29, 1.82) is 0 Å². The highest BCUT2D eigenvalue weighted by molar-refractivity contribution is 6.30. The molecule has 0 saturated carbocycles. The lowest BCUT2D eigenvalue weighted by atomic mass is 9.88. The number of halogens is 1. The molecule has 0 aromatic heterocycles. The Labute approximate surface area is 360 Å². The van der Waals surface area contributed by atoms with E-state index in [-0.39, 0.29) is 36.7 Å². The molecule has 1 heterocycles. The van der Waals surface area contributed by atoms with Gasteiger partial charge in [0.05, 0.1) is 18.7 Å². The Morgan fingerprint density at radius 3 is 2.07 bits per heavy atom. The first-order valence-electron chi connectivity index (χ1n) is 20.7. The van der Waals surface area contributed by atoms with Crippen molar-refractivity contribution in [3.8, 4) is 0 Å². The number of benzene rings is 1. The summed E-state index contributed by atoms with van der Waals surface area (Å²) in [4.78, 5) is 98.3. The molecule has 0 saturated heterocycles. The minimum atomic E-state index is -1.27. The number of hydrogen-bond donors (Lipinski definition) is 5. The molecule has 15 nitrogen and oxygen atoms in total. The zero-order chi connectivity index (χ0) is 45.6. The first-order chi connectivity index (χ1) is 28.0. The third kappa shape index (κ3) is 15.1. The molecule has 0 aliphatic carbocycles. The lowest BCUT2D eigenvalue weighted by molar-refractivity contribution is -0.154. The van der Waals surface area contributed by atoms with Crippen LogP contribution in [0.3, 0.4) is 0 Å². The Balaban J connectivity index is 2.63. The molecule has 0 fully saturated rings. The lowest BCUT2D eigenvalue weighted by Crippen LogP contribution is -2.58. The topological polar surface area (TPSA) is 204 Å². The quantitative estimate of drug-likeness (QED) is 0.201. The van der Waals surface area contributed by atoms with E-state index in [2.05, 4.69) is 21.3 Å². The van der Waals surface area contributed by atoms with Crippen molar-refractivity contribution in [3.63, 3.8) is 0 Å². The second-order valence-electron chi connectivity index (χ2n) is 16.5. The van der Waals surface area contributed by atoms with E-state index in [1.165, 1.54) is 45.8 Å². The largest absolute Gasteiger partial charge is 0.449 e. The number of aliphatic hydroxyl groups excluding tert-OH is 1. The van der Waals surface area contributed by atoms with Crippen LogP contribution in [-0.4, -0.2) is 119 Å². The van der Waals surface area contributed by atoms with E-state index in [9.17, 15) is 38.7 Å². The third-order valence-corrected chi connectivity index (χ3v) is 11.3. The highest BCUT2D eigenvalue weighted by Gasteiger charge is 2.36. The molecule has 60 heavy (non-hydrogen) atoms. The van der Waals surface area contributed by atoms with Crippen LogP contribution < -0.4 is 21.3 Å². The zero-order valence-corrected chi connectivity index (χ0v) is 38.0. The summed E-state index contributed by atoms with van der Waals surface area (Å²) in [6, 6.07) is 1.65. The summed E-state index contributed by atoms with van der Waals surface area (Å²) in [5, 5.41) is 22.8. The lowest BCUT2D eigenvalue weighted by Gasteiger charge is -2.33. The molecule has 1 aromatic carbocycles. The van der Waals surface area contributed by atoms with Crippen LogP contribution in [0.1, 0.15) is 94.1 Å². The Morgan fingerprint density at radius 2 is 1.50 bits per heavy atom. The highest BCUT2D eigenvalue weighted by atomic mass is 35.5. The van der Waals surface area contributed by atoms with Gasteiger partial charge in [-0.3, -0.25) is 28.8 Å². The van der Waals surface area contributed by atoms with Crippen LogP contribution in [0, 0.1) is 17.8 Å². The number of carbonyl (C=O) groups excluding carboxylic acids is 7. The molecule has 1 aliphatic heterocycles. The van der Waals surface area contributed by atoms with Gasteiger partial charge in [0, 0.05) is 37.0 Å². The molecule has 0 radical (unpaired) electrons. The minimum Gasteiger partial charge on any atom is -0.449 e. The van der Waals surface area contributed by atoms with Gasteiger partial charge >= 0.3 is 5.97 Å². The first-order valence-corrected chi connectivity index (χ1v) is 21.1. The van der Waals surface area contributed by atoms with Crippen LogP contribution in [0.2, 0.25) is 5.02 Å². The molecule has 9 atom stereocenters. The summed E-state index contributed by atoms with van der Waals surface area (Å²) >= 11 is 6.11. The number of rotatable bonds is 7. The molecular formula is C44H67ClN6O9. The summed E-state index contributed by atoms with van der Waals surface area (Å²) in [6.07, 6.45) is 1.70. The average molecular weight is 860 g/mol. The number of nitrogens with one attached hydrogen (secondary N) is 4. The van der Waals surface area contributed by atoms with Crippen LogP contribution in [-0.2, 0) is 44.7 Å². The summed E-state index contributed by atoms with van der Waals surface area (Å²) in [5.41, 5.74) is 1.56. The van der Waals surface area contributed by atoms with Gasteiger partial charge in [0.25, 0.3) is 5.91 Å². The minimum absolute atomic E-state index is 0.0120. The molecule has 6 amide bonds. The normalized spacial score (nSPS) is 28.6. The van der Waals surface area contributed by atoms with Crippen molar-refractivity contribution < 1.29 is 43.4 Å². The fourth-order valence-electron chi connectivity index (χ4n) is 6.69.